The quantitative estimate of drug-likeness (QED) is 0.109. The van der Waals surface area contributed by atoms with Crippen LogP contribution in [0.1, 0.15) is 19.4 Å². The van der Waals surface area contributed by atoms with E-state index in [1.807, 2.05) is 25.1 Å². The van der Waals surface area contributed by atoms with Crippen molar-refractivity contribution in [3.8, 4) is 45.3 Å². The summed E-state index contributed by atoms with van der Waals surface area (Å²) in [5, 5.41) is 0. The molecule has 0 aliphatic heterocycles. The van der Waals surface area contributed by atoms with Gasteiger partial charge in [0.1, 0.15) is 0 Å². The van der Waals surface area contributed by atoms with Gasteiger partial charge in [-0.15, -0.1) is 0 Å². The van der Waals surface area contributed by atoms with Crippen LogP contribution in [-0.4, -0.2) is 51.3 Å². The molecule has 0 spiro atoms. The van der Waals surface area contributed by atoms with Crippen LogP contribution in [0.2, 0.25) is 0 Å². The molecule has 244 valence electrons. The standard InChI is InChI=1S/C37H36O10/c1-21(2)34(38)46-32-17-27(11-14-30(32)44-36(40)24(6)19-42-8)26-10-13-29(23(5)16-26)28-12-15-31(45-37(41)25(7)20-43-9)33(18-28)47-35(39)22(3)4/h10-18H,1,3,6-7,19-20H2,2,4-5,8-9H3. The minimum atomic E-state index is -0.735. The smallest absolute Gasteiger partial charge is 0.341 e. The van der Waals surface area contributed by atoms with Crippen LogP contribution in [0.5, 0.6) is 23.0 Å². The fourth-order valence-electron chi connectivity index (χ4n) is 4.04. The molecule has 0 radical (unpaired) electrons. The SMILES string of the molecule is C=C(C)C(=O)Oc1cc(-c2ccc(-c3ccc(OC(=O)C(=C)COC)c(OC(=O)C(=C)C)c3)c(C)c2)ccc1OC(=O)C(=C)COC. The van der Waals surface area contributed by atoms with E-state index < -0.39 is 23.9 Å². The first kappa shape index (κ1) is 35.9. The van der Waals surface area contributed by atoms with Gasteiger partial charge in [0, 0.05) is 25.4 Å². The van der Waals surface area contributed by atoms with E-state index in [0.717, 1.165) is 16.7 Å². The van der Waals surface area contributed by atoms with Crippen molar-refractivity contribution in [2.24, 2.45) is 0 Å². The Morgan fingerprint density at radius 3 is 1.34 bits per heavy atom. The van der Waals surface area contributed by atoms with Crippen LogP contribution < -0.4 is 18.9 Å². The van der Waals surface area contributed by atoms with Gasteiger partial charge >= 0.3 is 23.9 Å². The second-order valence-electron chi connectivity index (χ2n) is 10.5. The number of ether oxygens (including phenoxy) is 6. The van der Waals surface area contributed by atoms with Crippen LogP contribution in [0.15, 0.2) is 103 Å². The van der Waals surface area contributed by atoms with Gasteiger partial charge in [-0.3, -0.25) is 0 Å². The van der Waals surface area contributed by atoms with E-state index in [9.17, 15) is 19.2 Å². The van der Waals surface area contributed by atoms with Crippen molar-refractivity contribution < 1.29 is 47.6 Å². The summed E-state index contributed by atoms with van der Waals surface area (Å²) in [5.41, 5.74) is 4.20. The van der Waals surface area contributed by atoms with Crippen molar-refractivity contribution in [2.75, 3.05) is 27.4 Å². The zero-order valence-electron chi connectivity index (χ0n) is 27.0. The molecule has 0 aromatic heterocycles. The third-order valence-corrected chi connectivity index (χ3v) is 6.48. The maximum absolute atomic E-state index is 12.5. The van der Waals surface area contributed by atoms with Gasteiger partial charge in [-0.05, 0) is 72.9 Å². The van der Waals surface area contributed by atoms with Gasteiger partial charge in [0.15, 0.2) is 23.0 Å². The van der Waals surface area contributed by atoms with Gasteiger partial charge in [0.25, 0.3) is 0 Å². The molecule has 0 aliphatic rings. The molecule has 0 saturated carbocycles. The number of aryl methyl sites for hydroxylation is 1. The Balaban J connectivity index is 2.00. The molecule has 0 amide bonds. The van der Waals surface area contributed by atoms with Crippen LogP contribution in [0.3, 0.4) is 0 Å². The Morgan fingerprint density at radius 1 is 0.532 bits per heavy atom. The molecule has 3 aromatic carbocycles. The van der Waals surface area contributed by atoms with Crippen molar-refractivity contribution in [1.82, 2.24) is 0 Å². The molecule has 0 unspecified atom stereocenters. The third kappa shape index (κ3) is 9.46. The second kappa shape index (κ2) is 16.1. The van der Waals surface area contributed by atoms with Crippen LogP contribution in [0.4, 0.5) is 0 Å². The summed E-state index contributed by atoms with van der Waals surface area (Å²) in [6.45, 7) is 19.4. The van der Waals surface area contributed by atoms with Gasteiger partial charge in [-0.2, -0.15) is 0 Å². The summed E-state index contributed by atoms with van der Waals surface area (Å²) < 4.78 is 31.7. The molecule has 0 N–H and O–H groups in total. The summed E-state index contributed by atoms with van der Waals surface area (Å²) in [6.07, 6.45) is 0. The van der Waals surface area contributed by atoms with E-state index in [1.165, 1.54) is 40.2 Å². The summed E-state index contributed by atoms with van der Waals surface area (Å²) in [6, 6.07) is 15.2. The Labute approximate surface area is 273 Å². The highest BCUT2D eigenvalue weighted by Crippen LogP contribution is 2.38. The first-order valence-electron chi connectivity index (χ1n) is 14.2. The third-order valence-electron chi connectivity index (χ3n) is 6.48. The number of methoxy groups -OCH3 is 2. The van der Waals surface area contributed by atoms with E-state index in [1.54, 1.807) is 24.3 Å². The maximum Gasteiger partial charge on any atom is 0.341 e. The Bertz CT molecular complexity index is 1780. The lowest BCUT2D eigenvalue weighted by atomic mass is 9.95. The highest BCUT2D eigenvalue weighted by atomic mass is 16.6. The zero-order valence-corrected chi connectivity index (χ0v) is 27.0. The van der Waals surface area contributed by atoms with Crippen molar-refractivity contribution in [2.45, 2.75) is 20.8 Å². The molecule has 0 saturated heterocycles. The van der Waals surface area contributed by atoms with E-state index in [0.29, 0.717) is 11.1 Å². The molecule has 3 rings (SSSR count). The fraction of sp³-hybridized carbons (Fsp3) is 0.189. The minimum absolute atomic E-state index is 0.0121. The lowest BCUT2D eigenvalue weighted by molar-refractivity contribution is -0.133. The Kier molecular flexibility index (Phi) is 12.3. The Hall–Kier alpha value is -5.58. The van der Waals surface area contributed by atoms with Crippen molar-refractivity contribution in [1.29, 1.82) is 0 Å². The normalized spacial score (nSPS) is 10.4. The molecule has 47 heavy (non-hydrogen) atoms. The average Bonchev–Trinajstić information content (AvgIpc) is 3.02. The van der Waals surface area contributed by atoms with E-state index in [4.69, 9.17) is 28.4 Å². The lowest BCUT2D eigenvalue weighted by Crippen LogP contribution is -2.16. The number of esters is 4. The van der Waals surface area contributed by atoms with Crippen LogP contribution in [0, 0.1) is 6.92 Å². The molecular weight excluding hydrogens is 604 g/mol. The number of hydrogen-bond donors (Lipinski definition) is 0. The highest BCUT2D eigenvalue weighted by Gasteiger charge is 2.20. The average molecular weight is 641 g/mol. The maximum atomic E-state index is 12.5. The number of hydrogen-bond acceptors (Lipinski definition) is 10. The number of carbonyl (C=O) groups excluding carboxylic acids is 4. The van der Waals surface area contributed by atoms with Gasteiger partial charge in [0.2, 0.25) is 0 Å². The molecule has 0 fully saturated rings. The molecule has 0 bridgehead atoms. The van der Waals surface area contributed by atoms with Gasteiger partial charge < -0.3 is 28.4 Å². The molecule has 3 aromatic rings. The van der Waals surface area contributed by atoms with Gasteiger partial charge in [0.05, 0.1) is 24.4 Å². The Morgan fingerprint density at radius 2 is 0.915 bits per heavy atom. The van der Waals surface area contributed by atoms with Crippen LogP contribution in [0.25, 0.3) is 22.3 Å². The largest absolute Gasteiger partial charge is 0.419 e. The monoisotopic (exact) mass is 640 g/mol. The lowest BCUT2D eigenvalue weighted by Gasteiger charge is -2.15. The molecule has 10 nitrogen and oxygen atoms in total. The minimum Gasteiger partial charge on any atom is -0.419 e. The van der Waals surface area contributed by atoms with E-state index in [2.05, 4.69) is 26.3 Å². The van der Waals surface area contributed by atoms with Crippen molar-refractivity contribution >= 4 is 23.9 Å². The van der Waals surface area contributed by atoms with Crippen LogP contribution in [-0.2, 0) is 28.7 Å². The summed E-state index contributed by atoms with van der Waals surface area (Å²) >= 11 is 0. The highest BCUT2D eigenvalue weighted by molar-refractivity contribution is 5.93. The number of carbonyl (C=O) groups is 4. The van der Waals surface area contributed by atoms with E-state index in [-0.39, 0.29) is 58.5 Å². The molecule has 0 heterocycles. The van der Waals surface area contributed by atoms with Crippen molar-refractivity contribution in [3.05, 3.63) is 109 Å². The van der Waals surface area contributed by atoms with Gasteiger partial charge in [-0.25, -0.2) is 19.2 Å². The predicted molar refractivity (Wildman–Crippen MR) is 176 cm³/mol. The second-order valence-corrected chi connectivity index (χ2v) is 10.5. The van der Waals surface area contributed by atoms with E-state index >= 15 is 0 Å². The number of benzene rings is 3. The zero-order chi connectivity index (χ0) is 34.8. The summed E-state index contributed by atoms with van der Waals surface area (Å²) in [4.78, 5) is 49.7. The molecular formula is C37H36O10. The van der Waals surface area contributed by atoms with Gasteiger partial charge in [-0.1, -0.05) is 56.6 Å². The first-order valence-corrected chi connectivity index (χ1v) is 14.2. The predicted octanol–water partition coefficient (Wildman–Crippen LogP) is 6.51. The molecule has 10 heteroatoms. The van der Waals surface area contributed by atoms with Crippen molar-refractivity contribution in [3.63, 3.8) is 0 Å². The molecule has 0 aliphatic carbocycles. The molecule has 0 atom stereocenters. The first-order chi connectivity index (χ1) is 22.2. The van der Waals surface area contributed by atoms with Crippen LogP contribution >= 0.6 is 0 Å². The summed E-state index contributed by atoms with van der Waals surface area (Å²) in [5.74, 6) is -2.80. The topological polar surface area (TPSA) is 124 Å². The number of rotatable bonds is 14. The fourth-order valence-corrected chi connectivity index (χ4v) is 4.04. The summed E-state index contributed by atoms with van der Waals surface area (Å²) in [7, 11) is 2.85.